The van der Waals surface area contributed by atoms with E-state index in [1.807, 2.05) is 24.3 Å². The van der Waals surface area contributed by atoms with Crippen molar-refractivity contribution in [2.45, 2.75) is 25.3 Å². The molecule has 3 rings (SSSR count). The Kier molecular flexibility index (Phi) is 6.36. The average Bonchev–Trinajstić information content (AvgIpc) is 3.32. The van der Waals surface area contributed by atoms with Gasteiger partial charge in [0.1, 0.15) is 0 Å². The Hall–Kier alpha value is -2.52. The minimum atomic E-state index is -0.632. The molecule has 0 saturated carbocycles. The van der Waals surface area contributed by atoms with Crippen LogP contribution in [0, 0.1) is 5.92 Å². The summed E-state index contributed by atoms with van der Waals surface area (Å²) in [6, 6.07) is 6.97. The first-order valence-corrected chi connectivity index (χ1v) is 9.82. The lowest BCUT2D eigenvalue weighted by Gasteiger charge is -2.18. The van der Waals surface area contributed by atoms with Gasteiger partial charge in [0, 0.05) is 13.1 Å². The summed E-state index contributed by atoms with van der Waals surface area (Å²) in [7, 11) is 0. The van der Waals surface area contributed by atoms with Crippen molar-refractivity contribution in [2.24, 2.45) is 22.4 Å². The molecule has 0 radical (unpaired) electrons. The average molecular weight is 388 g/mol. The monoisotopic (exact) mass is 388 g/mol. The van der Waals surface area contributed by atoms with Gasteiger partial charge in [-0.25, -0.2) is 4.98 Å². The number of fused-ring (bicyclic) bond motifs is 1. The highest BCUT2D eigenvalue weighted by Gasteiger charge is 2.29. The number of carbonyl (C=O) groups excluding carboxylic acids is 2. The molecule has 1 saturated heterocycles. The van der Waals surface area contributed by atoms with E-state index in [4.69, 9.17) is 11.5 Å². The summed E-state index contributed by atoms with van der Waals surface area (Å²) in [4.78, 5) is 33.9. The number of aromatic nitrogens is 1. The van der Waals surface area contributed by atoms with Gasteiger partial charge >= 0.3 is 0 Å². The lowest BCUT2D eigenvalue weighted by atomic mass is 10.0. The molecular formula is C18H24N6O2S. The van der Waals surface area contributed by atoms with Gasteiger partial charge in [-0.15, -0.1) is 11.3 Å². The molecule has 1 aromatic carbocycles. The molecule has 9 heteroatoms. The maximum Gasteiger partial charge on any atom is 0.225 e. The van der Waals surface area contributed by atoms with E-state index in [-0.39, 0.29) is 23.6 Å². The first-order chi connectivity index (χ1) is 13.0. The van der Waals surface area contributed by atoms with Gasteiger partial charge in [-0.2, -0.15) is 0 Å². The molecule has 6 N–H and O–H groups in total. The molecule has 2 aromatic rings. The molecule has 1 fully saturated rings. The number of Topliss-reactive ketones (excluding diaryl/α,β-unsaturated/α-hetero) is 1. The molecule has 1 aromatic heterocycles. The molecule has 8 nitrogen and oxygen atoms in total. The zero-order valence-electron chi connectivity index (χ0n) is 15.0. The predicted octanol–water partition coefficient (Wildman–Crippen LogP) is 0.627. The maximum atomic E-state index is 13.0. The van der Waals surface area contributed by atoms with Crippen molar-refractivity contribution in [1.82, 2.24) is 15.6 Å². The number of hydrogen-bond acceptors (Lipinski definition) is 6. The number of ketones is 1. The summed E-state index contributed by atoms with van der Waals surface area (Å²) in [5.74, 6) is -0.347. The van der Waals surface area contributed by atoms with Gasteiger partial charge in [-0.3, -0.25) is 14.6 Å². The fraction of sp³-hybridized carbons (Fsp3) is 0.444. The van der Waals surface area contributed by atoms with Crippen LogP contribution in [0.4, 0.5) is 0 Å². The van der Waals surface area contributed by atoms with Crippen molar-refractivity contribution >= 4 is 39.2 Å². The Morgan fingerprint density at radius 2 is 2.19 bits per heavy atom. The van der Waals surface area contributed by atoms with Gasteiger partial charge in [-0.1, -0.05) is 12.1 Å². The highest BCUT2D eigenvalue weighted by molar-refractivity contribution is 7.20. The second-order valence-electron chi connectivity index (χ2n) is 6.55. The number of carbonyl (C=O) groups is 2. The largest absolute Gasteiger partial charge is 0.370 e. The Labute approximate surface area is 161 Å². The SMILES string of the molecule is NC(N)=NCCCC(NC(=O)C1CCNC1)C(=O)c1nc2ccccc2s1. The number of para-hydroxylation sites is 1. The van der Waals surface area contributed by atoms with Crippen LogP contribution in [0.5, 0.6) is 0 Å². The van der Waals surface area contributed by atoms with Crippen LogP contribution in [0.25, 0.3) is 10.2 Å². The molecule has 0 aliphatic carbocycles. The van der Waals surface area contributed by atoms with Crippen LogP contribution in [0.2, 0.25) is 0 Å². The zero-order valence-corrected chi connectivity index (χ0v) is 15.8. The summed E-state index contributed by atoms with van der Waals surface area (Å²) in [5.41, 5.74) is 11.5. The third-order valence-corrected chi connectivity index (χ3v) is 5.56. The van der Waals surface area contributed by atoms with Crippen LogP contribution < -0.4 is 22.1 Å². The Morgan fingerprint density at radius 3 is 2.89 bits per heavy atom. The number of rotatable bonds is 8. The second-order valence-corrected chi connectivity index (χ2v) is 7.58. The predicted molar refractivity (Wildman–Crippen MR) is 107 cm³/mol. The Morgan fingerprint density at radius 1 is 1.37 bits per heavy atom. The molecule has 2 unspecified atom stereocenters. The highest BCUT2D eigenvalue weighted by Crippen LogP contribution is 2.23. The van der Waals surface area contributed by atoms with Gasteiger partial charge in [0.15, 0.2) is 11.0 Å². The number of nitrogens with two attached hydrogens (primary N) is 2. The first kappa shape index (κ1) is 19.2. The molecule has 1 aliphatic rings. The van der Waals surface area contributed by atoms with E-state index in [9.17, 15) is 9.59 Å². The maximum absolute atomic E-state index is 13.0. The normalized spacial score (nSPS) is 17.6. The Balaban J connectivity index is 1.73. The van der Waals surface area contributed by atoms with Gasteiger partial charge in [0.05, 0.1) is 22.2 Å². The van der Waals surface area contributed by atoms with Crippen molar-refractivity contribution in [3.8, 4) is 0 Å². The topological polar surface area (TPSA) is 135 Å². The number of guanidine groups is 1. The summed E-state index contributed by atoms with van der Waals surface area (Å²) in [5, 5.41) is 6.50. The molecule has 0 spiro atoms. The lowest BCUT2D eigenvalue weighted by Crippen LogP contribution is -2.44. The zero-order chi connectivity index (χ0) is 19.2. The van der Waals surface area contributed by atoms with Crippen molar-refractivity contribution in [3.05, 3.63) is 29.3 Å². The standard InChI is InChI=1S/C18H24N6O2S/c19-18(20)22-8-3-5-13(23-16(26)11-7-9-21-10-11)15(25)17-24-12-4-1-2-6-14(12)27-17/h1-2,4,6,11,13,21H,3,5,7-10H2,(H,23,26)(H4,19,20,22). The van der Waals surface area contributed by atoms with Gasteiger partial charge in [-0.05, 0) is 37.9 Å². The van der Waals surface area contributed by atoms with Crippen molar-refractivity contribution in [2.75, 3.05) is 19.6 Å². The molecule has 2 heterocycles. The number of aliphatic imine (C=N–C) groups is 1. The number of thiazole rings is 1. The number of benzene rings is 1. The van der Waals surface area contributed by atoms with E-state index in [0.717, 1.165) is 23.2 Å². The van der Waals surface area contributed by atoms with E-state index in [1.54, 1.807) is 0 Å². The van der Waals surface area contributed by atoms with E-state index < -0.39 is 6.04 Å². The lowest BCUT2D eigenvalue weighted by molar-refractivity contribution is -0.124. The van der Waals surface area contributed by atoms with Crippen molar-refractivity contribution < 1.29 is 9.59 Å². The number of nitrogens with zero attached hydrogens (tertiary/aromatic N) is 2. The highest BCUT2D eigenvalue weighted by atomic mass is 32.1. The Bertz CT molecular complexity index is 806. The van der Waals surface area contributed by atoms with Crippen LogP contribution in [-0.4, -0.2) is 48.3 Å². The van der Waals surface area contributed by atoms with E-state index in [1.165, 1.54) is 11.3 Å². The van der Waals surface area contributed by atoms with E-state index in [2.05, 4.69) is 20.6 Å². The summed E-state index contributed by atoms with van der Waals surface area (Å²) in [6.07, 6.45) is 1.82. The fourth-order valence-corrected chi connectivity index (χ4v) is 4.03. The summed E-state index contributed by atoms with van der Waals surface area (Å²) in [6.45, 7) is 1.87. The van der Waals surface area contributed by atoms with Crippen LogP contribution >= 0.6 is 11.3 Å². The third-order valence-electron chi connectivity index (χ3n) is 4.51. The van der Waals surface area contributed by atoms with Crippen LogP contribution in [-0.2, 0) is 4.79 Å². The van der Waals surface area contributed by atoms with Crippen molar-refractivity contribution in [3.63, 3.8) is 0 Å². The molecule has 0 bridgehead atoms. The van der Waals surface area contributed by atoms with Gasteiger partial charge in [0.25, 0.3) is 0 Å². The second kappa shape index (κ2) is 8.92. The van der Waals surface area contributed by atoms with Gasteiger partial charge in [0.2, 0.25) is 11.7 Å². The van der Waals surface area contributed by atoms with E-state index >= 15 is 0 Å². The van der Waals surface area contributed by atoms with Crippen LogP contribution in [0.3, 0.4) is 0 Å². The first-order valence-electron chi connectivity index (χ1n) is 9.01. The molecule has 1 amide bonds. The van der Waals surface area contributed by atoms with Crippen molar-refractivity contribution in [1.29, 1.82) is 0 Å². The minimum absolute atomic E-state index is 0.0186. The number of nitrogens with one attached hydrogen (secondary N) is 2. The molecule has 27 heavy (non-hydrogen) atoms. The molecule has 1 aliphatic heterocycles. The summed E-state index contributed by atoms with van der Waals surface area (Å²) < 4.78 is 0.950. The van der Waals surface area contributed by atoms with E-state index in [0.29, 0.717) is 30.9 Å². The minimum Gasteiger partial charge on any atom is -0.370 e. The molecule has 144 valence electrons. The third kappa shape index (κ3) is 5.01. The van der Waals surface area contributed by atoms with Crippen LogP contribution in [0.15, 0.2) is 29.3 Å². The fourth-order valence-electron chi connectivity index (χ4n) is 3.07. The number of amides is 1. The smallest absolute Gasteiger partial charge is 0.225 e. The summed E-state index contributed by atoms with van der Waals surface area (Å²) >= 11 is 1.35. The van der Waals surface area contributed by atoms with Crippen LogP contribution in [0.1, 0.15) is 29.1 Å². The molecule has 2 atom stereocenters. The number of hydrogen-bond donors (Lipinski definition) is 4. The molecular weight excluding hydrogens is 364 g/mol. The quantitative estimate of drug-likeness (QED) is 0.227. The van der Waals surface area contributed by atoms with Gasteiger partial charge < -0.3 is 22.1 Å².